The van der Waals surface area contributed by atoms with Crippen LogP contribution in [0, 0.1) is 5.95 Å². The molecule has 0 spiro atoms. The number of H-pyrrole nitrogens is 1. The number of fused-ring (bicyclic) bond motifs is 3. The number of pyridine rings is 1. The van der Waals surface area contributed by atoms with Crippen molar-refractivity contribution in [3.63, 3.8) is 0 Å². The first kappa shape index (κ1) is 23.7. The fourth-order valence-electron chi connectivity index (χ4n) is 5.16. The summed E-state index contributed by atoms with van der Waals surface area (Å²) < 4.78 is 67.3. The van der Waals surface area contributed by atoms with Gasteiger partial charge in [0.2, 0.25) is 5.95 Å². The normalized spacial score (nSPS) is 17.4. The second-order valence-electron chi connectivity index (χ2n) is 9.23. The lowest BCUT2D eigenvalue weighted by Gasteiger charge is -2.40. The van der Waals surface area contributed by atoms with Crippen LogP contribution < -0.4 is 5.32 Å². The van der Waals surface area contributed by atoms with Crippen molar-refractivity contribution in [1.82, 2.24) is 20.1 Å². The van der Waals surface area contributed by atoms with E-state index in [-0.39, 0.29) is 24.7 Å². The Hall–Kier alpha value is -3.01. The molecule has 3 heterocycles. The molecule has 0 unspecified atom stereocenters. The molecular weight excluding hydrogens is 465 g/mol. The predicted octanol–water partition coefficient (Wildman–Crippen LogP) is 5.64. The molecule has 35 heavy (non-hydrogen) atoms. The number of rotatable bonds is 7. The topological polar surface area (TPSA) is 56.8 Å². The maximum Gasteiger partial charge on any atom is 0.392 e. The van der Waals surface area contributed by atoms with E-state index in [2.05, 4.69) is 25.4 Å². The number of hydrogen-bond donors (Lipinski definition) is 2. The van der Waals surface area contributed by atoms with Crippen LogP contribution in [0.1, 0.15) is 42.5 Å². The Labute approximate surface area is 199 Å². The zero-order chi connectivity index (χ0) is 24.6. The molecule has 3 aromatic rings. The fraction of sp³-hybridized carbons (Fsp3) is 0.440. The Kier molecular flexibility index (Phi) is 6.48. The molecule has 0 radical (unpaired) electrons. The molecule has 0 atom stereocenters. The minimum Gasteiger partial charge on any atom is -0.378 e. The number of aromatic nitrogens is 3. The zero-order valence-corrected chi connectivity index (χ0v) is 19.1. The van der Waals surface area contributed by atoms with Crippen LogP contribution in [0.4, 0.5) is 27.6 Å². The van der Waals surface area contributed by atoms with Crippen LogP contribution in [0.5, 0.6) is 0 Å². The molecule has 1 aromatic carbocycles. The van der Waals surface area contributed by atoms with Crippen LogP contribution in [0.15, 0.2) is 36.0 Å². The van der Waals surface area contributed by atoms with Gasteiger partial charge in [0.05, 0.1) is 47.6 Å². The fourth-order valence-corrected chi connectivity index (χ4v) is 5.16. The minimum atomic E-state index is -4.37. The number of aryl methyl sites for hydroxylation is 1. The number of nitrogens with zero attached hydrogens (tertiary/aromatic N) is 3. The molecule has 10 heteroatoms. The third-order valence-corrected chi connectivity index (χ3v) is 6.69. The molecule has 2 N–H and O–H groups in total. The molecule has 2 aromatic heterocycles. The van der Waals surface area contributed by atoms with Crippen molar-refractivity contribution in [2.45, 2.75) is 44.3 Å². The van der Waals surface area contributed by atoms with Crippen molar-refractivity contribution < 1.29 is 22.0 Å². The third-order valence-electron chi connectivity index (χ3n) is 6.69. The number of nitrogens with one attached hydrogen (secondary N) is 2. The summed E-state index contributed by atoms with van der Waals surface area (Å²) in [6.07, 6.45) is -2.07. The van der Waals surface area contributed by atoms with Crippen LogP contribution >= 0.6 is 0 Å². The molecule has 2 aliphatic rings. The third kappa shape index (κ3) is 5.03. The summed E-state index contributed by atoms with van der Waals surface area (Å²) in [5, 5.41) is 9.99. The summed E-state index contributed by atoms with van der Waals surface area (Å²) in [6.45, 7) is 2.02. The lowest BCUT2D eigenvalue weighted by molar-refractivity contribution is -0.127. The maximum absolute atomic E-state index is 14.5. The quantitative estimate of drug-likeness (QED) is 0.420. The second kappa shape index (κ2) is 9.56. The summed E-state index contributed by atoms with van der Waals surface area (Å²) in [5.41, 5.74) is 3.64. The Bertz CT molecular complexity index is 1230. The highest BCUT2D eigenvalue weighted by Gasteiger charge is 2.33. The lowest BCUT2D eigenvalue weighted by Crippen LogP contribution is -2.54. The molecule has 1 fully saturated rings. The van der Waals surface area contributed by atoms with Gasteiger partial charge in [-0.1, -0.05) is 11.6 Å². The molecular formula is C25H26F5N5. The van der Waals surface area contributed by atoms with E-state index in [1.165, 1.54) is 0 Å². The van der Waals surface area contributed by atoms with Crippen LogP contribution in [0.25, 0.3) is 16.5 Å². The largest absolute Gasteiger partial charge is 0.392 e. The molecule has 1 aliphatic carbocycles. The number of anilines is 1. The highest BCUT2D eigenvalue weighted by Crippen LogP contribution is 2.41. The van der Waals surface area contributed by atoms with E-state index in [1.54, 1.807) is 24.4 Å². The SMILES string of the molecule is FCCCN1CC(Nc2ccc(C3=C(CC(F)(F)F)CCCc4c3ccc3[nH]nc(F)c43)nc2)C1. The van der Waals surface area contributed by atoms with E-state index in [0.717, 1.165) is 25.3 Å². The lowest BCUT2D eigenvalue weighted by atomic mass is 9.90. The average molecular weight is 492 g/mol. The first-order valence-corrected chi connectivity index (χ1v) is 11.8. The van der Waals surface area contributed by atoms with Gasteiger partial charge in [0.25, 0.3) is 0 Å². The Morgan fingerprint density at radius 2 is 1.94 bits per heavy atom. The van der Waals surface area contributed by atoms with E-state index < -0.39 is 18.5 Å². The van der Waals surface area contributed by atoms with Gasteiger partial charge < -0.3 is 5.32 Å². The van der Waals surface area contributed by atoms with Crippen molar-refractivity contribution >= 4 is 22.2 Å². The first-order valence-electron chi connectivity index (χ1n) is 11.8. The number of benzene rings is 1. The number of halogens is 5. The number of allylic oxidation sites excluding steroid dienone is 1. The Balaban J connectivity index is 1.47. The number of alkyl halides is 4. The molecule has 1 saturated heterocycles. The summed E-state index contributed by atoms with van der Waals surface area (Å²) in [6, 6.07) is 7.14. The summed E-state index contributed by atoms with van der Waals surface area (Å²) >= 11 is 0. The van der Waals surface area contributed by atoms with Crippen molar-refractivity contribution in [3.05, 3.63) is 58.8 Å². The Morgan fingerprint density at radius 3 is 2.66 bits per heavy atom. The van der Waals surface area contributed by atoms with Gasteiger partial charge in [0.15, 0.2) is 0 Å². The zero-order valence-electron chi connectivity index (χ0n) is 19.1. The first-order chi connectivity index (χ1) is 16.8. The molecule has 0 amide bonds. The van der Waals surface area contributed by atoms with Crippen LogP contribution in [0.2, 0.25) is 0 Å². The van der Waals surface area contributed by atoms with Crippen molar-refractivity contribution in [3.8, 4) is 0 Å². The van der Waals surface area contributed by atoms with Gasteiger partial charge in [0, 0.05) is 25.2 Å². The molecule has 0 bridgehead atoms. The van der Waals surface area contributed by atoms with Gasteiger partial charge in [-0.3, -0.25) is 19.4 Å². The van der Waals surface area contributed by atoms with E-state index in [4.69, 9.17) is 0 Å². The monoisotopic (exact) mass is 491 g/mol. The molecule has 186 valence electrons. The van der Waals surface area contributed by atoms with Gasteiger partial charge in [-0.25, -0.2) is 0 Å². The van der Waals surface area contributed by atoms with Gasteiger partial charge >= 0.3 is 6.18 Å². The van der Waals surface area contributed by atoms with Gasteiger partial charge in [-0.05, 0) is 55.0 Å². The van der Waals surface area contributed by atoms with E-state index >= 15 is 0 Å². The van der Waals surface area contributed by atoms with E-state index in [9.17, 15) is 22.0 Å². The standard InChI is InChI=1S/C25H26F5N5/c26-9-2-10-35-13-17(14-35)32-16-5-7-20(31-12-16)22-15(11-25(28,29)30)3-1-4-18-19(22)6-8-21-23(18)24(27)34-33-21/h5-8,12,17,32H,1-4,9-11,13-14H2,(H,33,34). The van der Waals surface area contributed by atoms with Crippen LogP contribution in [-0.4, -0.2) is 58.6 Å². The van der Waals surface area contributed by atoms with Crippen LogP contribution in [-0.2, 0) is 6.42 Å². The van der Waals surface area contributed by atoms with Crippen LogP contribution in [0.3, 0.4) is 0 Å². The highest BCUT2D eigenvalue weighted by molar-refractivity contribution is 5.92. The smallest absolute Gasteiger partial charge is 0.378 e. The van der Waals surface area contributed by atoms with Gasteiger partial charge in [0.1, 0.15) is 0 Å². The van der Waals surface area contributed by atoms with Gasteiger partial charge in [-0.2, -0.15) is 17.6 Å². The van der Waals surface area contributed by atoms with Crippen molar-refractivity contribution in [2.24, 2.45) is 0 Å². The molecule has 5 nitrogen and oxygen atoms in total. The van der Waals surface area contributed by atoms with Crippen molar-refractivity contribution in [2.75, 3.05) is 31.6 Å². The molecule has 5 rings (SSSR count). The Morgan fingerprint density at radius 1 is 1.11 bits per heavy atom. The maximum atomic E-state index is 14.5. The highest BCUT2D eigenvalue weighted by atomic mass is 19.4. The number of likely N-dealkylation sites (tertiary alicyclic amines) is 1. The van der Waals surface area contributed by atoms with Gasteiger partial charge in [-0.15, -0.1) is 5.10 Å². The summed E-state index contributed by atoms with van der Waals surface area (Å²) in [7, 11) is 0. The van der Waals surface area contributed by atoms with E-state index in [1.807, 2.05) is 6.07 Å². The minimum absolute atomic E-state index is 0.221. The molecule has 1 aliphatic heterocycles. The average Bonchev–Trinajstić information content (AvgIpc) is 3.07. The van der Waals surface area contributed by atoms with E-state index in [0.29, 0.717) is 52.6 Å². The van der Waals surface area contributed by atoms with Crippen molar-refractivity contribution in [1.29, 1.82) is 0 Å². The predicted molar refractivity (Wildman–Crippen MR) is 124 cm³/mol. The number of hydrogen-bond acceptors (Lipinski definition) is 4. The number of aromatic amines is 1. The molecule has 0 saturated carbocycles. The summed E-state index contributed by atoms with van der Waals surface area (Å²) in [4.78, 5) is 6.68. The second-order valence-corrected chi connectivity index (χ2v) is 9.23. The summed E-state index contributed by atoms with van der Waals surface area (Å²) in [5.74, 6) is -0.649.